The molecular formula is C12H11ClN2O. The third kappa shape index (κ3) is 1.86. The Labute approximate surface area is 98.4 Å². The summed E-state index contributed by atoms with van der Waals surface area (Å²) in [6, 6.07) is 7.24. The van der Waals surface area contributed by atoms with Gasteiger partial charge in [-0.15, -0.1) is 0 Å². The van der Waals surface area contributed by atoms with Crippen LogP contribution in [0.25, 0.3) is 10.9 Å². The molecule has 1 aromatic heterocycles. The van der Waals surface area contributed by atoms with Crippen LogP contribution in [0.15, 0.2) is 24.3 Å². The number of nitrogens with one attached hydrogen (secondary N) is 1. The molecule has 0 saturated heterocycles. The fourth-order valence-corrected chi connectivity index (χ4v) is 1.79. The van der Waals surface area contributed by atoms with Crippen LogP contribution in [0.1, 0.15) is 16.1 Å². The first kappa shape index (κ1) is 10.9. The van der Waals surface area contributed by atoms with Crippen molar-refractivity contribution >= 4 is 28.4 Å². The van der Waals surface area contributed by atoms with Crippen molar-refractivity contribution in [2.24, 2.45) is 0 Å². The largest absolute Gasteiger partial charge is 0.355 e. The molecule has 4 heteroatoms. The van der Waals surface area contributed by atoms with Crippen LogP contribution in [0.4, 0.5) is 0 Å². The Bertz CT molecular complexity index is 566. The lowest BCUT2D eigenvalue weighted by Gasteiger charge is -2.06. The first-order valence-corrected chi connectivity index (χ1v) is 5.28. The molecule has 16 heavy (non-hydrogen) atoms. The minimum absolute atomic E-state index is 0.133. The summed E-state index contributed by atoms with van der Waals surface area (Å²) in [5.41, 5.74) is 2.14. The Hall–Kier alpha value is -1.61. The van der Waals surface area contributed by atoms with Gasteiger partial charge in [-0.1, -0.05) is 11.6 Å². The number of halogens is 1. The molecule has 2 rings (SSSR count). The predicted molar refractivity (Wildman–Crippen MR) is 64.9 cm³/mol. The molecule has 0 unspecified atom stereocenters. The molecule has 1 N–H and O–H groups in total. The van der Waals surface area contributed by atoms with Crippen molar-refractivity contribution < 1.29 is 4.79 Å². The Balaban J connectivity index is 2.68. The zero-order valence-corrected chi connectivity index (χ0v) is 9.80. The average Bonchev–Trinajstić information content (AvgIpc) is 2.28. The molecule has 1 aromatic carbocycles. The lowest BCUT2D eigenvalue weighted by atomic mass is 10.1. The summed E-state index contributed by atoms with van der Waals surface area (Å²) in [7, 11) is 1.60. The molecule has 1 amide bonds. The number of hydrogen-bond donors (Lipinski definition) is 1. The molecule has 2 aromatic rings. The number of benzene rings is 1. The van der Waals surface area contributed by atoms with Gasteiger partial charge in [-0.3, -0.25) is 9.78 Å². The number of pyridine rings is 1. The van der Waals surface area contributed by atoms with Gasteiger partial charge < -0.3 is 5.32 Å². The van der Waals surface area contributed by atoms with Crippen molar-refractivity contribution in [3.05, 3.63) is 40.5 Å². The van der Waals surface area contributed by atoms with Crippen LogP contribution in [0, 0.1) is 6.92 Å². The van der Waals surface area contributed by atoms with Gasteiger partial charge >= 0.3 is 0 Å². The maximum Gasteiger partial charge on any atom is 0.252 e. The highest BCUT2D eigenvalue weighted by Gasteiger charge is 2.09. The van der Waals surface area contributed by atoms with E-state index in [9.17, 15) is 4.79 Å². The van der Waals surface area contributed by atoms with E-state index in [-0.39, 0.29) is 5.91 Å². The summed E-state index contributed by atoms with van der Waals surface area (Å²) in [5, 5.41) is 4.10. The number of nitrogens with zero attached hydrogens (tertiary/aromatic N) is 1. The molecule has 82 valence electrons. The first-order valence-electron chi connectivity index (χ1n) is 4.91. The number of carbonyl (C=O) groups excluding carboxylic acids is 1. The lowest BCUT2D eigenvalue weighted by molar-refractivity contribution is 0.0962. The van der Waals surface area contributed by atoms with Gasteiger partial charge in [0.05, 0.1) is 16.8 Å². The van der Waals surface area contributed by atoms with E-state index in [0.717, 1.165) is 10.9 Å². The van der Waals surface area contributed by atoms with Crippen molar-refractivity contribution in [2.45, 2.75) is 6.92 Å². The normalized spacial score (nSPS) is 10.4. The van der Waals surface area contributed by atoms with E-state index < -0.39 is 0 Å². The van der Waals surface area contributed by atoms with Crippen LogP contribution in [0.2, 0.25) is 5.02 Å². The Morgan fingerprint density at radius 1 is 1.38 bits per heavy atom. The van der Waals surface area contributed by atoms with Crippen molar-refractivity contribution in [1.29, 1.82) is 0 Å². The quantitative estimate of drug-likeness (QED) is 0.824. The number of hydrogen-bond acceptors (Lipinski definition) is 2. The monoisotopic (exact) mass is 234 g/mol. The van der Waals surface area contributed by atoms with Crippen molar-refractivity contribution in [3.63, 3.8) is 0 Å². The molecule has 0 fully saturated rings. The van der Waals surface area contributed by atoms with E-state index in [4.69, 9.17) is 11.6 Å². The maximum absolute atomic E-state index is 11.6. The number of amides is 1. The van der Waals surface area contributed by atoms with Gasteiger partial charge in [0.15, 0.2) is 0 Å². The highest BCUT2D eigenvalue weighted by Crippen LogP contribution is 2.20. The van der Waals surface area contributed by atoms with Gasteiger partial charge in [0.2, 0.25) is 0 Å². The van der Waals surface area contributed by atoms with Gasteiger partial charge in [-0.05, 0) is 31.2 Å². The van der Waals surface area contributed by atoms with Crippen molar-refractivity contribution in [1.82, 2.24) is 10.3 Å². The van der Waals surface area contributed by atoms with E-state index >= 15 is 0 Å². The smallest absolute Gasteiger partial charge is 0.252 e. The molecule has 0 spiro atoms. The average molecular weight is 235 g/mol. The fraction of sp³-hybridized carbons (Fsp3) is 0.167. The molecule has 0 aliphatic heterocycles. The first-order chi connectivity index (χ1) is 7.61. The van der Waals surface area contributed by atoms with E-state index in [0.29, 0.717) is 16.3 Å². The van der Waals surface area contributed by atoms with Gasteiger partial charge in [-0.2, -0.15) is 0 Å². The summed E-state index contributed by atoms with van der Waals surface area (Å²) in [6.45, 7) is 1.82. The highest BCUT2D eigenvalue weighted by atomic mass is 35.5. The minimum atomic E-state index is -0.133. The van der Waals surface area contributed by atoms with Crippen LogP contribution in [0.3, 0.4) is 0 Å². The summed E-state index contributed by atoms with van der Waals surface area (Å²) >= 11 is 5.90. The topological polar surface area (TPSA) is 42.0 Å². The Morgan fingerprint density at radius 2 is 2.12 bits per heavy atom. The molecule has 1 heterocycles. The second-order valence-corrected chi connectivity index (χ2v) is 3.97. The molecule has 0 bridgehead atoms. The summed E-state index contributed by atoms with van der Waals surface area (Å²) < 4.78 is 0. The summed E-state index contributed by atoms with van der Waals surface area (Å²) in [5.74, 6) is -0.133. The summed E-state index contributed by atoms with van der Waals surface area (Å²) in [4.78, 5) is 15.9. The zero-order chi connectivity index (χ0) is 11.7. The van der Waals surface area contributed by atoms with E-state index in [2.05, 4.69) is 10.3 Å². The zero-order valence-electron chi connectivity index (χ0n) is 9.04. The Kier molecular flexibility index (Phi) is 2.79. The van der Waals surface area contributed by atoms with Crippen LogP contribution in [-0.2, 0) is 0 Å². The molecule has 0 saturated carbocycles. The number of carbonyl (C=O) groups is 1. The predicted octanol–water partition coefficient (Wildman–Crippen LogP) is 2.56. The minimum Gasteiger partial charge on any atom is -0.355 e. The van der Waals surface area contributed by atoms with Gasteiger partial charge in [0.25, 0.3) is 5.91 Å². The number of aryl methyl sites for hydroxylation is 1. The number of fused-ring (bicyclic) bond motifs is 1. The van der Waals surface area contributed by atoms with Crippen molar-refractivity contribution in [2.75, 3.05) is 7.05 Å². The van der Waals surface area contributed by atoms with Crippen LogP contribution >= 0.6 is 11.6 Å². The standard InChI is InChI=1S/C12H11ClN2O/c1-7-10(12(16)14-2)6-8-5-9(13)3-4-11(8)15-7/h3-6H,1-2H3,(H,14,16). The SMILES string of the molecule is CNC(=O)c1cc2cc(Cl)ccc2nc1C. The molecule has 0 radical (unpaired) electrons. The van der Waals surface area contributed by atoms with E-state index in [1.165, 1.54) is 0 Å². The number of rotatable bonds is 1. The molecule has 0 aliphatic rings. The van der Waals surface area contributed by atoms with Crippen LogP contribution in [0.5, 0.6) is 0 Å². The van der Waals surface area contributed by atoms with Crippen molar-refractivity contribution in [3.8, 4) is 0 Å². The fourth-order valence-electron chi connectivity index (χ4n) is 1.61. The molecule has 3 nitrogen and oxygen atoms in total. The Morgan fingerprint density at radius 3 is 2.81 bits per heavy atom. The van der Waals surface area contributed by atoms with E-state index in [1.807, 2.05) is 19.1 Å². The third-order valence-electron chi connectivity index (χ3n) is 2.44. The van der Waals surface area contributed by atoms with Gasteiger partial charge in [-0.25, -0.2) is 0 Å². The molecule has 0 atom stereocenters. The summed E-state index contributed by atoms with van der Waals surface area (Å²) in [6.07, 6.45) is 0. The van der Waals surface area contributed by atoms with Gasteiger partial charge in [0, 0.05) is 17.5 Å². The second kappa shape index (κ2) is 4.10. The van der Waals surface area contributed by atoms with Crippen LogP contribution in [-0.4, -0.2) is 17.9 Å². The van der Waals surface area contributed by atoms with Crippen LogP contribution < -0.4 is 5.32 Å². The number of aromatic nitrogens is 1. The third-order valence-corrected chi connectivity index (χ3v) is 2.67. The molecular weight excluding hydrogens is 224 g/mol. The highest BCUT2D eigenvalue weighted by molar-refractivity contribution is 6.31. The maximum atomic E-state index is 11.6. The lowest BCUT2D eigenvalue weighted by Crippen LogP contribution is -2.19. The molecule has 0 aliphatic carbocycles. The van der Waals surface area contributed by atoms with Gasteiger partial charge in [0.1, 0.15) is 0 Å². The second-order valence-electron chi connectivity index (χ2n) is 3.54. The van der Waals surface area contributed by atoms with E-state index in [1.54, 1.807) is 19.2 Å².